The minimum absolute atomic E-state index is 0.343. The van der Waals surface area contributed by atoms with Gasteiger partial charge in [0, 0.05) is 11.6 Å². The van der Waals surface area contributed by atoms with Gasteiger partial charge >= 0.3 is 0 Å². The van der Waals surface area contributed by atoms with Gasteiger partial charge in [0.15, 0.2) is 11.6 Å². The molecule has 2 rings (SSSR count). The lowest BCUT2D eigenvalue weighted by atomic mass is 10.1. The first-order valence-electron chi connectivity index (χ1n) is 6.93. The topological polar surface area (TPSA) is 47.6 Å². The summed E-state index contributed by atoms with van der Waals surface area (Å²) in [4.78, 5) is 12.3. The molecule has 6 heteroatoms. The van der Waals surface area contributed by atoms with Crippen molar-refractivity contribution in [3.63, 3.8) is 0 Å². The second-order valence-corrected chi connectivity index (χ2v) is 4.97. The molecule has 2 aromatic carbocycles. The number of hydrogen-bond donors (Lipinski definition) is 1. The summed E-state index contributed by atoms with van der Waals surface area (Å²) in [5.41, 5.74) is 0.808. The second kappa shape index (κ2) is 7.09. The van der Waals surface area contributed by atoms with Gasteiger partial charge in [0.05, 0.1) is 20.3 Å². The molecule has 2 aromatic rings. The summed E-state index contributed by atoms with van der Waals surface area (Å²) >= 11 is 0. The van der Waals surface area contributed by atoms with Crippen molar-refractivity contribution in [1.82, 2.24) is 5.32 Å². The van der Waals surface area contributed by atoms with Gasteiger partial charge in [-0.05, 0) is 36.8 Å². The SMILES string of the molecule is COc1cc(OC)cc(C(=O)NC(C)c2ccc(F)c(F)c2)c1. The molecule has 0 radical (unpaired) electrons. The molecule has 1 amide bonds. The molecule has 0 aliphatic rings. The molecule has 1 unspecified atom stereocenters. The highest BCUT2D eigenvalue weighted by Crippen LogP contribution is 2.23. The predicted octanol–water partition coefficient (Wildman–Crippen LogP) is 3.47. The van der Waals surface area contributed by atoms with Crippen LogP contribution < -0.4 is 14.8 Å². The third kappa shape index (κ3) is 3.97. The lowest BCUT2D eigenvalue weighted by molar-refractivity contribution is 0.0939. The van der Waals surface area contributed by atoms with E-state index in [0.717, 1.165) is 12.1 Å². The number of hydrogen-bond acceptors (Lipinski definition) is 3. The summed E-state index contributed by atoms with van der Waals surface area (Å²) in [6.07, 6.45) is 0. The van der Waals surface area contributed by atoms with Gasteiger partial charge in [-0.25, -0.2) is 8.78 Å². The second-order valence-electron chi connectivity index (χ2n) is 4.97. The smallest absolute Gasteiger partial charge is 0.252 e. The molecule has 23 heavy (non-hydrogen) atoms. The summed E-state index contributed by atoms with van der Waals surface area (Å²) in [5.74, 6) is -1.29. The normalized spacial score (nSPS) is 11.7. The third-order valence-electron chi connectivity index (χ3n) is 3.40. The number of halogens is 2. The Morgan fingerprint density at radius 2 is 1.61 bits per heavy atom. The summed E-state index contributed by atoms with van der Waals surface area (Å²) in [5, 5.41) is 2.72. The maximum atomic E-state index is 13.3. The Hall–Kier alpha value is -2.63. The number of amides is 1. The Balaban J connectivity index is 2.19. The van der Waals surface area contributed by atoms with Crippen molar-refractivity contribution in [2.75, 3.05) is 14.2 Å². The van der Waals surface area contributed by atoms with Crippen LogP contribution in [0.1, 0.15) is 28.9 Å². The van der Waals surface area contributed by atoms with Crippen LogP contribution in [0.15, 0.2) is 36.4 Å². The number of benzene rings is 2. The summed E-state index contributed by atoms with van der Waals surface area (Å²) in [6.45, 7) is 1.68. The zero-order valence-corrected chi connectivity index (χ0v) is 13.0. The molecular weight excluding hydrogens is 304 g/mol. The lowest BCUT2D eigenvalue weighted by Gasteiger charge is -2.15. The zero-order valence-electron chi connectivity index (χ0n) is 13.0. The van der Waals surface area contributed by atoms with Crippen LogP contribution in [0.5, 0.6) is 11.5 Å². The van der Waals surface area contributed by atoms with Crippen LogP contribution in [0.2, 0.25) is 0 Å². The monoisotopic (exact) mass is 321 g/mol. The number of nitrogens with one attached hydrogen (secondary N) is 1. The van der Waals surface area contributed by atoms with Crippen molar-refractivity contribution >= 4 is 5.91 Å². The summed E-state index contributed by atoms with van der Waals surface area (Å²) in [7, 11) is 2.97. The largest absolute Gasteiger partial charge is 0.497 e. The fraction of sp³-hybridized carbons (Fsp3) is 0.235. The zero-order chi connectivity index (χ0) is 17.0. The Bertz CT molecular complexity index is 697. The van der Waals surface area contributed by atoms with Gasteiger partial charge in [-0.15, -0.1) is 0 Å². The highest BCUT2D eigenvalue weighted by Gasteiger charge is 2.15. The molecule has 0 aliphatic carbocycles. The molecule has 0 fully saturated rings. The average Bonchev–Trinajstić information content (AvgIpc) is 2.56. The highest BCUT2D eigenvalue weighted by molar-refractivity contribution is 5.95. The summed E-state index contributed by atoms with van der Waals surface area (Å²) in [6, 6.07) is 7.81. The molecule has 122 valence electrons. The van der Waals surface area contributed by atoms with Gasteiger partial charge in [0.1, 0.15) is 11.5 Å². The number of ether oxygens (including phenoxy) is 2. The standard InChI is InChI=1S/C17H17F2NO3/c1-10(11-4-5-15(18)16(19)8-11)20-17(21)12-6-13(22-2)9-14(7-12)23-3/h4-10H,1-3H3,(H,20,21). The molecule has 1 atom stereocenters. The quantitative estimate of drug-likeness (QED) is 0.917. The number of methoxy groups -OCH3 is 2. The molecule has 1 N–H and O–H groups in total. The Morgan fingerprint density at radius 3 is 2.13 bits per heavy atom. The van der Waals surface area contributed by atoms with Crippen LogP contribution in [0.25, 0.3) is 0 Å². The molecule has 0 aliphatic heterocycles. The first kappa shape index (κ1) is 16.7. The van der Waals surface area contributed by atoms with E-state index in [2.05, 4.69) is 5.32 Å². The van der Waals surface area contributed by atoms with Crippen molar-refractivity contribution in [3.8, 4) is 11.5 Å². The maximum absolute atomic E-state index is 13.3. The van der Waals surface area contributed by atoms with Gasteiger partial charge in [-0.1, -0.05) is 6.07 Å². The van der Waals surface area contributed by atoms with Crippen LogP contribution in [0.3, 0.4) is 0 Å². The third-order valence-corrected chi connectivity index (χ3v) is 3.40. The van der Waals surface area contributed by atoms with Crippen molar-refractivity contribution < 1.29 is 23.0 Å². The van der Waals surface area contributed by atoms with Crippen LogP contribution in [-0.4, -0.2) is 20.1 Å². The summed E-state index contributed by atoms with van der Waals surface area (Å²) < 4.78 is 36.5. The van der Waals surface area contributed by atoms with Crippen LogP contribution in [0, 0.1) is 11.6 Å². The van der Waals surface area contributed by atoms with E-state index < -0.39 is 17.7 Å². The van der Waals surface area contributed by atoms with E-state index in [4.69, 9.17) is 9.47 Å². The first-order valence-corrected chi connectivity index (χ1v) is 6.93. The van der Waals surface area contributed by atoms with Gasteiger partial charge in [-0.2, -0.15) is 0 Å². The molecule has 0 heterocycles. The highest BCUT2D eigenvalue weighted by atomic mass is 19.2. The fourth-order valence-electron chi connectivity index (χ4n) is 2.08. The van der Waals surface area contributed by atoms with Crippen LogP contribution >= 0.6 is 0 Å². The van der Waals surface area contributed by atoms with Crippen molar-refractivity contribution in [2.24, 2.45) is 0 Å². The van der Waals surface area contributed by atoms with E-state index in [-0.39, 0.29) is 5.91 Å². The van der Waals surface area contributed by atoms with Crippen molar-refractivity contribution in [2.45, 2.75) is 13.0 Å². The van der Waals surface area contributed by atoms with Crippen LogP contribution in [0.4, 0.5) is 8.78 Å². The predicted molar refractivity (Wildman–Crippen MR) is 81.8 cm³/mol. The minimum atomic E-state index is -0.952. The number of carbonyl (C=O) groups is 1. The van der Waals surface area contributed by atoms with E-state index in [1.807, 2.05) is 0 Å². The number of rotatable bonds is 5. The molecule has 4 nitrogen and oxygen atoms in total. The van der Waals surface area contributed by atoms with Crippen molar-refractivity contribution in [3.05, 3.63) is 59.2 Å². The molecule has 0 bridgehead atoms. The molecular formula is C17H17F2NO3. The van der Waals surface area contributed by atoms with Crippen molar-refractivity contribution in [1.29, 1.82) is 0 Å². The van der Waals surface area contributed by atoms with E-state index in [1.54, 1.807) is 25.1 Å². The lowest BCUT2D eigenvalue weighted by Crippen LogP contribution is -2.26. The Labute approximate surface area is 133 Å². The maximum Gasteiger partial charge on any atom is 0.252 e. The Morgan fingerprint density at radius 1 is 1.00 bits per heavy atom. The fourth-order valence-corrected chi connectivity index (χ4v) is 2.08. The van der Waals surface area contributed by atoms with Gasteiger partial charge < -0.3 is 14.8 Å². The van der Waals surface area contributed by atoms with E-state index >= 15 is 0 Å². The van der Waals surface area contributed by atoms with E-state index in [9.17, 15) is 13.6 Å². The average molecular weight is 321 g/mol. The minimum Gasteiger partial charge on any atom is -0.497 e. The number of carbonyl (C=O) groups excluding carboxylic acids is 1. The molecule has 0 saturated carbocycles. The van der Waals surface area contributed by atoms with Crippen LogP contribution in [-0.2, 0) is 0 Å². The van der Waals surface area contributed by atoms with Gasteiger partial charge in [-0.3, -0.25) is 4.79 Å². The first-order chi connectivity index (χ1) is 10.9. The molecule has 0 spiro atoms. The Kier molecular flexibility index (Phi) is 5.16. The van der Waals surface area contributed by atoms with Gasteiger partial charge in [0.2, 0.25) is 0 Å². The molecule has 0 saturated heterocycles. The van der Waals surface area contributed by atoms with Gasteiger partial charge in [0.25, 0.3) is 5.91 Å². The van der Waals surface area contributed by atoms with E-state index in [0.29, 0.717) is 22.6 Å². The molecule has 0 aromatic heterocycles. The van der Waals surface area contributed by atoms with E-state index in [1.165, 1.54) is 20.3 Å².